The van der Waals surface area contributed by atoms with E-state index in [0.717, 1.165) is 21.5 Å². The molecule has 1 atom stereocenters. The van der Waals surface area contributed by atoms with Crippen LogP contribution in [0.4, 0.5) is 4.39 Å². The summed E-state index contributed by atoms with van der Waals surface area (Å²) in [5.74, 6) is -1.43. The third-order valence-corrected chi connectivity index (χ3v) is 8.71. The SMILES string of the molecule is COc1ccc(F)cc1[C@H](Cn1c(=O)n(C(C)(C)C(=O)OCc2ccccc2)c(=O)c2c(C)c(-n3nccn3)sc21)OCC(C)=O. The lowest BCUT2D eigenvalue weighted by Crippen LogP contribution is -2.53. The number of thiophene rings is 1. The minimum absolute atomic E-state index is 0.0682. The second-order valence-electron chi connectivity index (χ2n) is 11.1. The molecule has 3 aromatic heterocycles. The Bertz CT molecular complexity index is 2020. The first kappa shape index (κ1) is 32.4. The summed E-state index contributed by atoms with van der Waals surface area (Å²) in [4.78, 5) is 55.7. The maximum atomic E-state index is 14.5. The Kier molecular flexibility index (Phi) is 9.30. The number of carbonyl (C=O) groups excluding carboxylic acids is 2. The van der Waals surface area contributed by atoms with E-state index in [-0.39, 0.29) is 47.1 Å². The number of methoxy groups -OCH3 is 1. The number of nitrogens with zero attached hydrogens (tertiary/aromatic N) is 5. The molecular formula is C32H32FN5O7S. The van der Waals surface area contributed by atoms with Crippen molar-refractivity contribution in [2.24, 2.45) is 0 Å². The predicted molar refractivity (Wildman–Crippen MR) is 168 cm³/mol. The van der Waals surface area contributed by atoms with Gasteiger partial charge in [0.25, 0.3) is 5.56 Å². The molecule has 0 N–H and O–H groups in total. The van der Waals surface area contributed by atoms with Crippen molar-refractivity contribution in [2.75, 3.05) is 13.7 Å². The van der Waals surface area contributed by atoms with Crippen LogP contribution in [0, 0.1) is 12.7 Å². The molecule has 46 heavy (non-hydrogen) atoms. The van der Waals surface area contributed by atoms with Crippen molar-refractivity contribution in [1.29, 1.82) is 0 Å². The van der Waals surface area contributed by atoms with Gasteiger partial charge in [0, 0.05) is 11.1 Å². The molecule has 14 heteroatoms. The Morgan fingerprint density at radius 3 is 2.41 bits per heavy atom. The summed E-state index contributed by atoms with van der Waals surface area (Å²) in [6, 6.07) is 12.8. The molecule has 0 saturated heterocycles. The van der Waals surface area contributed by atoms with Crippen LogP contribution in [0.25, 0.3) is 15.2 Å². The van der Waals surface area contributed by atoms with Crippen molar-refractivity contribution in [3.05, 3.63) is 104 Å². The molecule has 5 aromatic rings. The van der Waals surface area contributed by atoms with E-state index in [4.69, 9.17) is 14.2 Å². The number of ketones is 1. The lowest BCUT2D eigenvalue weighted by molar-refractivity contribution is -0.154. The fraction of sp³-hybridized carbons (Fsp3) is 0.312. The van der Waals surface area contributed by atoms with Crippen LogP contribution >= 0.6 is 11.3 Å². The first-order chi connectivity index (χ1) is 21.9. The number of hydrogen-bond donors (Lipinski definition) is 0. The Labute approximate surface area is 266 Å². The molecule has 240 valence electrons. The molecule has 2 aromatic carbocycles. The summed E-state index contributed by atoms with van der Waals surface area (Å²) in [5.41, 5.74) is -1.87. The molecule has 0 bridgehead atoms. The zero-order valence-electron chi connectivity index (χ0n) is 25.9. The van der Waals surface area contributed by atoms with Crippen molar-refractivity contribution in [2.45, 2.75) is 52.5 Å². The third-order valence-electron chi connectivity index (χ3n) is 7.43. The minimum atomic E-state index is -1.76. The maximum absolute atomic E-state index is 14.5. The second kappa shape index (κ2) is 13.2. The largest absolute Gasteiger partial charge is 0.496 e. The number of ether oxygens (including phenoxy) is 3. The molecule has 0 aliphatic rings. The summed E-state index contributed by atoms with van der Waals surface area (Å²) in [5, 5.41) is 9.00. The van der Waals surface area contributed by atoms with Gasteiger partial charge in [0.2, 0.25) is 0 Å². The van der Waals surface area contributed by atoms with Crippen LogP contribution in [0.1, 0.15) is 43.6 Å². The Morgan fingerprint density at radius 2 is 1.76 bits per heavy atom. The number of carbonyl (C=O) groups is 2. The first-order valence-electron chi connectivity index (χ1n) is 14.3. The van der Waals surface area contributed by atoms with Gasteiger partial charge in [-0.3, -0.25) is 14.2 Å². The summed E-state index contributed by atoms with van der Waals surface area (Å²) in [7, 11) is 1.40. The fourth-order valence-corrected chi connectivity index (χ4v) is 6.29. The Hall–Kier alpha value is -4.95. The average Bonchev–Trinajstić information content (AvgIpc) is 3.68. The van der Waals surface area contributed by atoms with Gasteiger partial charge in [-0.1, -0.05) is 41.7 Å². The van der Waals surface area contributed by atoms with E-state index in [9.17, 15) is 23.6 Å². The number of halogens is 1. The molecule has 0 radical (unpaired) electrons. The Balaban J connectivity index is 1.71. The first-order valence-corrected chi connectivity index (χ1v) is 15.1. The molecule has 0 saturated carbocycles. The Morgan fingerprint density at radius 1 is 1.07 bits per heavy atom. The van der Waals surface area contributed by atoms with E-state index < -0.39 is 34.7 Å². The zero-order chi connectivity index (χ0) is 33.2. The number of Topliss-reactive ketones (excluding diaryl/α,β-unsaturated/α-hetero) is 1. The number of benzene rings is 2. The second-order valence-corrected chi connectivity index (χ2v) is 12.1. The number of fused-ring (bicyclic) bond motifs is 1. The van der Waals surface area contributed by atoms with Gasteiger partial charge in [0.1, 0.15) is 46.3 Å². The molecule has 0 unspecified atom stereocenters. The molecule has 0 aliphatic carbocycles. The summed E-state index contributed by atoms with van der Waals surface area (Å²) >= 11 is 1.09. The quantitative estimate of drug-likeness (QED) is 0.183. The molecule has 0 spiro atoms. The third kappa shape index (κ3) is 6.26. The van der Waals surface area contributed by atoms with E-state index in [1.807, 2.05) is 6.07 Å². The van der Waals surface area contributed by atoms with Gasteiger partial charge in [0.15, 0.2) is 5.78 Å². The van der Waals surface area contributed by atoms with E-state index in [1.54, 1.807) is 31.2 Å². The average molecular weight is 650 g/mol. The van der Waals surface area contributed by atoms with Gasteiger partial charge in [-0.2, -0.15) is 10.2 Å². The van der Waals surface area contributed by atoms with Crippen molar-refractivity contribution in [1.82, 2.24) is 24.1 Å². The predicted octanol–water partition coefficient (Wildman–Crippen LogP) is 4.09. The van der Waals surface area contributed by atoms with Crippen LogP contribution in [0.15, 0.2) is 70.5 Å². The molecule has 0 amide bonds. The number of esters is 1. The van der Waals surface area contributed by atoms with Crippen LogP contribution < -0.4 is 16.0 Å². The molecule has 0 fully saturated rings. The zero-order valence-corrected chi connectivity index (χ0v) is 26.7. The monoisotopic (exact) mass is 649 g/mol. The van der Waals surface area contributed by atoms with E-state index in [2.05, 4.69) is 10.2 Å². The summed E-state index contributed by atoms with van der Waals surface area (Å²) in [6.45, 7) is 5.20. The maximum Gasteiger partial charge on any atom is 0.333 e. The molecular weight excluding hydrogens is 617 g/mol. The van der Waals surface area contributed by atoms with Crippen LogP contribution in [0.2, 0.25) is 0 Å². The van der Waals surface area contributed by atoms with Gasteiger partial charge in [-0.05, 0) is 51.5 Å². The van der Waals surface area contributed by atoms with Crippen LogP contribution in [0.3, 0.4) is 0 Å². The number of aryl methyl sites for hydroxylation is 1. The topological polar surface area (TPSA) is 137 Å². The van der Waals surface area contributed by atoms with Gasteiger partial charge in [-0.15, -0.1) is 4.80 Å². The van der Waals surface area contributed by atoms with Crippen LogP contribution in [-0.4, -0.2) is 49.6 Å². The molecule has 3 heterocycles. The number of rotatable bonds is 12. The normalized spacial score (nSPS) is 12.3. The molecule has 5 rings (SSSR count). The highest BCUT2D eigenvalue weighted by molar-refractivity contribution is 7.21. The summed E-state index contributed by atoms with van der Waals surface area (Å²) < 4.78 is 33.6. The van der Waals surface area contributed by atoms with E-state index in [1.165, 1.54) is 67.8 Å². The van der Waals surface area contributed by atoms with Crippen molar-refractivity contribution in [3.8, 4) is 10.8 Å². The van der Waals surface area contributed by atoms with E-state index in [0.29, 0.717) is 10.6 Å². The van der Waals surface area contributed by atoms with Crippen LogP contribution in [-0.2, 0) is 37.8 Å². The lowest BCUT2D eigenvalue weighted by Gasteiger charge is -2.27. The van der Waals surface area contributed by atoms with Crippen molar-refractivity contribution < 1.29 is 28.2 Å². The smallest absolute Gasteiger partial charge is 0.333 e. The molecule has 0 aliphatic heterocycles. The number of aromatic nitrogens is 5. The fourth-order valence-electron chi connectivity index (χ4n) is 5.07. The lowest BCUT2D eigenvalue weighted by atomic mass is 10.0. The van der Waals surface area contributed by atoms with Gasteiger partial charge in [0.05, 0.1) is 31.4 Å². The van der Waals surface area contributed by atoms with Gasteiger partial charge >= 0.3 is 11.7 Å². The highest BCUT2D eigenvalue weighted by atomic mass is 32.1. The highest BCUT2D eigenvalue weighted by Crippen LogP contribution is 2.34. The van der Waals surface area contributed by atoms with Crippen molar-refractivity contribution in [3.63, 3.8) is 0 Å². The van der Waals surface area contributed by atoms with E-state index >= 15 is 0 Å². The molecule has 12 nitrogen and oxygen atoms in total. The highest BCUT2D eigenvalue weighted by Gasteiger charge is 2.37. The standard InChI is InChI=1S/C32H32FN5O7S/c1-19(39)17-44-25(23-15-22(33)11-12-24(23)43-5)16-36-29-26(20(2)28(46-29)38-34-13-14-35-38)27(40)37(31(36)42)32(3,4)30(41)45-18-21-9-7-6-8-10-21/h6-15,25H,16-18H2,1-5H3/t25-/m0/s1. The van der Waals surface area contributed by atoms with Crippen molar-refractivity contribution >= 4 is 33.3 Å². The number of hydrogen-bond acceptors (Lipinski definition) is 10. The minimum Gasteiger partial charge on any atom is -0.496 e. The van der Waals surface area contributed by atoms with Crippen LogP contribution in [0.5, 0.6) is 5.75 Å². The van der Waals surface area contributed by atoms with Gasteiger partial charge < -0.3 is 14.2 Å². The summed E-state index contributed by atoms with van der Waals surface area (Å²) in [6.07, 6.45) is 1.87. The van der Waals surface area contributed by atoms with Gasteiger partial charge in [-0.25, -0.2) is 18.5 Å².